The molecule has 0 fully saturated rings. The summed E-state index contributed by atoms with van der Waals surface area (Å²) in [7, 11) is 0. The van der Waals surface area contributed by atoms with E-state index in [1.165, 1.54) is 4.68 Å². The third-order valence-corrected chi connectivity index (χ3v) is 2.11. The molecule has 0 aliphatic carbocycles. The highest BCUT2D eigenvalue weighted by Crippen LogP contribution is 2.20. The van der Waals surface area contributed by atoms with E-state index < -0.39 is 5.97 Å². The first kappa shape index (κ1) is 13.2. The highest BCUT2D eigenvalue weighted by molar-refractivity contribution is 5.98. The van der Waals surface area contributed by atoms with Crippen LogP contribution in [0.25, 0.3) is 0 Å². The first-order chi connectivity index (χ1) is 8.15. The van der Waals surface area contributed by atoms with Gasteiger partial charge in [0, 0.05) is 0 Å². The standard InChI is InChI=1S/C10H15N3O4/c1-3-17-10(16)8-7(2)12-13(4-5-14)9(8)11-6-15/h6,14H,3-5H2,1-2H3,(H,11,15). The van der Waals surface area contributed by atoms with Gasteiger partial charge in [-0.2, -0.15) is 5.10 Å². The maximum absolute atomic E-state index is 11.7. The molecule has 0 aromatic carbocycles. The minimum absolute atomic E-state index is 0.142. The van der Waals surface area contributed by atoms with Crippen LogP contribution in [0.5, 0.6) is 0 Å². The molecule has 1 aromatic heterocycles. The van der Waals surface area contributed by atoms with Crippen LogP contribution in [0.15, 0.2) is 0 Å². The number of hydrogen-bond acceptors (Lipinski definition) is 5. The fourth-order valence-corrected chi connectivity index (χ4v) is 1.49. The Morgan fingerprint density at radius 3 is 2.88 bits per heavy atom. The van der Waals surface area contributed by atoms with Gasteiger partial charge in [-0.15, -0.1) is 0 Å². The Balaban J connectivity index is 3.16. The number of aryl methyl sites for hydroxylation is 1. The predicted molar refractivity (Wildman–Crippen MR) is 59.7 cm³/mol. The Labute approximate surface area is 98.4 Å². The minimum Gasteiger partial charge on any atom is -0.462 e. The lowest BCUT2D eigenvalue weighted by molar-refractivity contribution is -0.105. The van der Waals surface area contributed by atoms with Crippen LogP contribution in [-0.4, -0.2) is 40.5 Å². The van der Waals surface area contributed by atoms with E-state index in [2.05, 4.69) is 10.4 Å². The molecule has 0 saturated carbocycles. The fourth-order valence-electron chi connectivity index (χ4n) is 1.49. The Morgan fingerprint density at radius 2 is 2.35 bits per heavy atom. The van der Waals surface area contributed by atoms with E-state index in [4.69, 9.17) is 9.84 Å². The number of rotatable bonds is 6. The normalized spacial score (nSPS) is 10.1. The molecule has 0 radical (unpaired) electrons. The zero-order valence-corrected chi connectivity index (χ0v) is 9.77. The first-order valence-corrected chi connectivity index (χ1v) is 5.21. The van der Waals surface area contributed by atoms with Crippen molar-refractivity contribution >= 4 is 18.2 Å². The molecule has 2 N–H and O–H groups in total. The van der Waals surface area contributed by atoms with Gasteiger partial charge in [-0.05, 0) is 13.8 Å². The highest BCUT2D eigenvalue weighted by Gasteiger charge is 2.22. The molecule has 1 heterocycles. The number of carbonyl (C=O) groups is 2. The largest absolute Gasteiger partial charge is 0.462 e. The maximum Gasteiger partial charge on any atom is 0.343 e. The van der Waals surface area contributed by atoms with E-state index in [0.29, 0.717) is 12.1 Å². The second-order valence-corrected chi connectivity index (χ2v) is 3.24. The lowest BCUT2D eigenvalue weighted by Gasteiger charge is -2.06. The monoisotopic (exact) mass is 241 g/mol. The van der Waals surface area contributed by atoms with Crippen molar-refractivity contribution in [1.29, 1.82) is 0 Å². The SMILES string of the molecule is CCOC(=O)c1c(C)nn(CCO)c1NC=O. The van der Waals surface area contributed by atoms with Gasteiger partial charge in [0.1, 0.15) is 11.4 Å². The molecule has 7 nitrogen and oxygen atoms in total. The number of amides is 1. The topological polar surface area (TPSA) is 93.4 Å². The molecule has 0 unspecified atom stereocenters. The Kier molecular flexibility index (Phi) is 4.65. The number of hydrogen-bond donors (Lipinski definition) is 2. The van der Waals surface area contributed by atoms with Gasteiger partial charge < -0.3 is 15.2 Å². The van der Waals surface area contributed by atoms with Gasteiger partial charge >= 0.3 is 5.97 Å². The average Bonchev–Trinajstić information content (AvgIpc) is 2.57. The zero-order valence-electron chi connectivity index (χ0n) is 9.77. The number of ether oxygens (including phenoxy) is 1. The molecule has 7 heteroatoms. The lowest BCUT2D eigenvalue weighted by atomic mass is 10.2. The summed E-state index contributed by atoms with van der Waals surface area (Å²) >= 11 is 0. The molecule has 1 aromatic rings. The van der Waals surface area contributed by atoms with Gasteiger partial charge in [0.2, 0.25) is 6.41 Å². The second-order valence-electron chi connectivity index (χ2n) is 3.24. The molecule has 1 amide bonds. The number of aromatic nitrogens is 2. The number of carbonyl (C=O) groups excluding carboxylic acids is 2. The second kappa shape index (κ2) is 6.00. The highest BCUT2D eigenvalue weighted by atomic mass is 16.5. The number of nitrogens with one attached hydrogen (secondary N) is 1. The van der Waals surface area contributed by atoms with Crippen LogP contribution in [0.2, 0.25) is 0 Å². The van der Waals surface area contributed by atoms with Crippen LogP contribution in [0.1, 0.15) is 23.0 Å². The third kappa shape index (κ3) is 2.82. The van der Waals surface area contributed by atoms with Gasteiger partial charge in [0.25, 0.3) is 0 Å². The number of nitrogens with zero attached hydrogens (tertiary/aromatic N) is 2. The maximum atomic E-state index is 11.7. The van der Waals surface area contributed by atoms with Gasteiger partial charge in [0.15, 0.2) is 0 Å². The number of aliphatic hydroxyl groups is 1. The summed E-state index contributed by atoms with van der Waals surface area (Å²) in [5, 5.41) is 15.3. The Morgan fingerprint density at radius 1 is 1.65 bits per heavy atom. The summed E-state index contributed by atoms with van der Waals surface area (Å²) in [4.78, 5) is 22.2. The quantitative estimate of drug-likeness (QED) is 0.537. The summed E-state index contributed by atoms with van der Waals surface area (Å²) in [6.45, 7) is 3.62. The first-order valence-electron chi connectivity index (χ1n) is 5.21. The van der Waals surface area contributed by atoms with E-state index in [0.717, 1.165) is 0 Å². The third-order valence-electron chi connectivity index (χ3n) is 2.11. The number of esters is 1. The Hall–Kier alpha value is -1.89. The van der Waals surface area contributed by atoms with Crippen LogP contribution in [-0.2, 0) is 16.1 Å². The van der Waals surface area contributed by atoms with Crippen molar-refractivity contribution < 1.29 is 19.4 Å². The summed E-state index contributed by atoms with van der Waals surface area (Å²) in [5.74, 6) is -0.302. The minimum atomic E-state index is -0.543. The predicted octanol–water partition coefficient (Wildman–Crippen LogP) is -0.0712. The van der Waals surface area contributed by atoms with Crippen molar-refractivity contribution in [1.82, 2.24) is 9.78 Å². The van der Waals surface area contributed by atoms with E-state index >= 15 is 0 Å². The van der Waals surface area contributed by atoms with Crippen LogP contribution < -0.4 is 5.32 Å². The van der Waals surface area contributed by atoms with Gasteiger partial charge in [-0.3, -0.25) is 4.79 Å². The van der Waals surface area contributed by atoms with Crippen molar-refractivity contribution in [3.63, 3.8) is 0 Å². The lowest BCUT2D eigenvalue weighted by Crippen LogP contribution is -2.13. The molecule has 17 heavy (non-hydrogen) atoms. The van der Waals surface area contributed by atoms with E-state index in [9.17, 15) is 9.59 Å². The van der Waals surface area contributed by atoms with Gasteiger partial charge in [-0.25, -0.2) is 9.48 Å². The molecule has 0 bridgehead atoms. The van der Waals surface area contributed by atoms with Gasteiger partial charge in [0.05, 0.1) is 25.5 Å². The molecule has 0 aliphatic heterocycles. The van der Waals surface area contributed by atoms with E-state index in [1.807, 2.05) is 0 Å². The van der Waals surface area contributed by atoms with Crippen molar-refractivity contribution in [2.24, 2.45) is 0 Å². The summed E-state index contributed by atoms with van der Waals surface area (Å²) in [5.41, 5.74) is 0.661. The van der Waals surface area contributed by atoms with Crippen molar-refractivity contribution in [3.8, 4) is 0 Å². The van der Waals surface area contributed by atoms with E-state index in [1.54, 1.807) is 13.8 Å². The number of anilines is 1. The molecule has 0 atom stereocenters. The number of aliphatic hydroxyl groups excluding tert-OH is 1. The molecular weight excluding hydrogens is 226 g/mol. The molecule has 94 valence electrons. The zero-order chi connectivity index (χ0) is 12.8. The van der Waals surface area contributed by atoms with Crippen molar-refractivity contribution in [3.05, 3.63) is 11.3 Å². The molecule has 0 saturated heterocycles. The molecule has 0 aliphatic rings. The summed E-state index contributed by atoms with van der Waals surface area (Å²) < 4.78 is 6.23. The van der Waals surface area contributed by atoms with Crippen LogP contribution in [0.3, 0.4) is 0 Å². The van der Waals surface area contributed by atoms with Gasteiger partial charge in [-0.1, -0.05) is 0 Å². The van der Waals surface area contributed by atoms with Crippen LogP contribution in [0.4, 0.5) is 5.82 Å². The van der Waals surface area contributed by atoms with Crippen LogP contribution >= 0.6 is 0 Å². The average molecular weight is 241 g/mol. The smallest absolute Gasteiger partial charge is 0.343 e. The van der Waals surface area contributed by atoms with Crippen LogP contribution in [0, 0.1) is 6.92 Å². The summed E-state index contributed by atoms with van der Waals surface area (Å²) in [6, 6.07) is 0. The molecular formula is C10H15N3O4. The summed E-state index contributed by atoms with van der Waals surface area (Å²) in [6.07, 6.45) is 0.451. The molecule has 1 rings (SSSR count). The van der Waals surface area contributed by atoms with Crippen molar-refractivity contribution in [2.45, 2.75) is 20.4 Å². The molecule has 0 spiro atoms. The fraction of sp³-hybridized carbons (Fsp3) is 0.500. The van der Waals surface area contributed by atoms with Crippen molar-refractivity contribution in [2.75, 3.05) is 18.5 Å². The Bertz CT molecular complexity index is 414. The van der Waals surface area contributed by atoms with E-state index in [-0.39, 0.29) is 31.1 Å².